The van der Waals surface area contributed by atoms with E-state index in [1.807, 2.05) is 56.4 Å². The Balaban J connectivity index is 1.65. The number of aryl methyl sites for hydroxylation is 1. The SMILES string of the molecule is CC(Cc1cn(C)c2ccccc12)C(=O)NC(CO)Cc1ccccc1. The number of carbonyl (C=O) groups excluding carboxylic acids is 1. The molecule has 0 saturated heterocycles. The number of aliphatic hydroxyl groups is 1. The number of amides is 1. The van der Waals surface area contributed by atoms with Crippen LogP contribution in [-0.4, -0.2) is 28.2 Å². The van der Waals surface area contributed by atoms with Crippen molar-refractivity contribution in [3.63, 3.8) is 0 Å². The minimum absolute atomic E-state index is 0.0204. The second-order valence-electron chi connectivity index (χ2n) is 6.97. The van der Waals surface area contributed by atoms with Crippen molar-refractivity contribution in [1.82, 2.24) is 9.88 Å². The molecule has 2 unspecified atom stereocenters. The predicted octanol–water partition coefficient (Wildman–Crippen LogP) is 3.08. The van der Waals surface area contributed by atoms with Gasteiger partial charge in [-0.25, -0.2) is 0 Å². The summed E-state index contributed by atoms with van der Waals surface area (Å²) < 4.78 is 2.10. The van der Waals surface area contributed by atoms with Crippen LogP contribution in [0.1, 0.15) is 18.1 Å². The lowest BCUT2D eigenvalue weighted by molar-refractivity contribution is -0.125. The number of aliphatic hydroxyl groups excluding tert-OH is 1. The van der Waals surface area contributed by atoms with Crippen molar-refractivity contribution >= 4 is 16.8 Å². The Kier molecular flexibility index (Phi) is 5.74. The maximum absolute atomic E-state index is 12.6. The molecular weight excluding hydrogens is 324 g/mol. The van der Waals surface area contributed by atoms with Gasteiger partial charge in [-0.1, -0.05) is 55.5 Å². The Morgan fingerprint density at radius 3 is 2.50 bits per heavy atom. The van der Waals surface area contributed by atoms with Crippen LogP contribution in [0, 0.1) is 5.92 Å². The van der Waals surface area contributed by atoms with Crippen molar-refractivity contribution in [2.24, 2.45) is 13.0 Å². The lowest BCUT2D eigenvalue weighted by atomic mass is 9.99. The third kappa shape index (κ3) is 4.14. The van der Waals surface area contributed by atoms with E-state index in [-0.39, 0.29) is 24.5 Å². The minimum atomic E-state index is -0.264. The first-order valence-electron chi connectivity index (χ1n) is 9.06. The van der Waals surface area contributed by atoms with E-state index in [1.54, 1.807) is 0 Å². The molecular formula is C22H26N2O2. The third-order valence-corrected chi connectivity index (χ3v) is 4.84. The first-order chi connectivity index (χ1) is 12.6. The summed E-state index contributed by atoms with van der Waals surface area (Å²) in [7, 11) is 2.03. The molecule has 4 nitrogen and oxygen atoms in total. The number of benzene rings is 2. The molecule has 0 aliphatic heterocycles. The summed E-state index contributed by atoms with van der Waals surface area (Å²) in [6, 6.07) is 17.9. The van der Waals surface area contributed by atoms with Crippen molar-refractivity contribution in [1.29, 1.82) is 0 Å². The van der Waals surface area contributed by atoms with E-state index in [2.05, 4.69) is 28.2 Å². The number of fused-ring (bicyclic) bond motifs is 1. The number of hydrogen-bond donors (Lipinski definition) is 2. The Morgan fingerprint density at radius 2 is 1.77 bits per heavy atom. The van der Waals surface area contributed by atoms with Gasteiger partial charge < -0.3 is 15.0 Å². The molecule has 4 heteroatoms. The number of hydrogen-bond acceptors (Lipinski definition) is 2. The Morgan fingerprint density at radius 1 is 1.08 bits per heavy atom. The van der Waals surface area contributed by atoms with Crippen molar-refractivity contribution in [3.05, 3.63) is 71.9 Å². The lowest BCUT2D eigenvalue weighted by Crippen LogP contribution is -2.42. The average Bonchev–Trinajstić information content (AvgIpc) is 2.98. The first-order valence-corrected chi connectivity index (χ1v) is 9.06. The van der Waals surface area contributed by atoms with Gasteiger partial charge in [0.25, 0.3) is 0 Å². The van der Waals surface area contributed by atoms with Crippen LogP contribution in [0.4, 0.5) is 0 Å². The molecule has 0 radical (unpaired) electrons. The van der Waals surface area contributed by atoms with Crippen LogP contribution in [0.5, 0.6) is 0 Å². The predicted molar refractivity (Wildman–Crippen MR) is 105 cm³/mol. The molecule has 0 spiro atoms. The maximum Gasteiger partial charge on any atom is 0.223 e. The number of rotatable bonds is 7. The number of nitrogens with zero attached hydrogens (tertiary/aromatic N) is 1. The fraction of sp³-hybridized carbons (Fsp3) is 0.318. The van der Waals surface area contributed by atoms with Gasteiger partial charge in [0.2, 0.25) is 5.91 Å². The van der Waals surface area contributed by atoms with Crippen LogP contribution in [0.2, 0.25) is 0 Å². The molecule has 0 bridgehead atoms. The van der Waals surface area contributed by atoms with Crippen LogP contribution in [0.25, 0.3) is 10.9 Å². The second kappa shape index (κ2) is 8.19. The molecule has 0 aliphatic carbocycles. The summed E-state index contributed by atoms with van der Waals surface area (Å²) in [5.41, 5.74) is 3.45. The largest absolute Gasteiger partial charge is 0.394 e. The quantitative estimate of drug-likeness (QED) is 0.688. The normalized spacial score (nSPS) is 13.5. The zero-order valence-electron chi connectivity index (χ0n) is 15.4. The molecule has 2 atom stereocenters. The summed E-state index contributed by atoms with van der Waals surface area (Å²) >= 11 is 0. The fourth-order valence-electron chi connectivity index (χ4n) is 3.41. The van der Waals surface area contributed by atoms with Crippen LogP contribution in [-0.2, 0) is 24.7 Å². The van der Waals surface area contributed by atoms with Crippen molar-refractivity contribution in [3.8, 4) is 0 Å². The highest BCUT2D eigenvalue weighted by Gasteiger charge is 2.19. The fourth-order valence-corrected chi connectivity index (χ4v) is 3.41. The Labute approximate surface area is 154 Å². The van der Waals surface area contributed by atoms with Crippen LogP contribution < -0.4 is 5.32 Å². The topological polar surface area (TPSA) is 54.3 Å². The summed E-state index contributed by atoms with van der Waals surface area (Å²) in [6.07, 6.45) is 3.41. The smallest absolute Gasteiger partial charge is 0.223 e. The van der Waals surface area contributed by atoms with Gasteiger partial charge in [-0.2, -0.15) is 0 Å². The second-order valence-corrected chi connectivity index (χ2v) is 6.97. The number of carbonyl (C=O) groups is 1. The van der Waals surface area contributed by atoms with Gasteiger partial charge in [0, 0.05) is 30.1 Å². The van der Waals surface area contributed by atoms with Crippen LogP contribution in [0.3, 0.4) is 0 Å². The van der Waals surface area contributed by atoms with E-state index in [4.69, 9.17) is 0 Å². The minimum Gasteiger partial charge on any atom is -0.394 e. The maximum atomic E-state index is 12.6. The highest BCUT2D eigenvalue weighted by molar-refractivity contribution is 5.85. The van der Waals surface area contributed by atoms with Gasteiger partial charge in [0.1, 0.15) is 0 Å². The van der Waals surface area contributed by atoms with Crippen molar-refractivity contribution in [2.75, 3.05) is 6.61 Å². The average molecular weight is 350 g/mol. The lowest BCUT2D eigenvalue weighted by Gasteiger charge is -2.19. The van der Waals surface area contributed by atoms with Crippen molar-refractivity contribution < 1.29 is 9.90 Å². The standard InChI is InChI=1S/C22H26N2O2/c1-16(12-18-14-24(2)21-11-7-6-10-20(18)21)22(26)23-19(15-25)13-17-8-4-3-5-9-17/h3-11,14,16,19,25H,12-13,15H2,1-2H3,(H,23,26). The zero-order chi connectivity index (χ0) is 18.5. The Hall–Kier alpha value is -2.59. The number of nitrogens with one attached hydrogen (secondary N) is 1. The van der Waals surface area contributed by atoms with E-state index in [1.165, 1.54) is 16.5 Å². The van der Waals surface area contributed by atoms with E-state index in [9.17, 15) is 9.90 Å². The molecule has 1 aromatic heterocycles. The molecule has 2 aromatic carbocycles. The first kappa shape index (κ1) is 18.2. The summed E-state index contributed by atoms with van der Waals surface area (Å²) in [4.78, 5) is 12.6. The van der Waals surface area contributed by atoms with Gasteiger partial charge in [-0.05, 0) is 30.0 Å². The van der Waals surface area contributed by atoms with E-state index in [0.717, 1.165) is 5.56 Å². The van der Waals surface area contributed by atoms with Crippen molar-refractivity contribution in [2.45, 2.75) is 25.8 Å². The van der Waals surface area contributed by atoms with Gasteiger partial charge in [-0.3, -0.25) is 4.79 Å². The summed E-state index contributed by atoms with van der Waals surface area (Å²) in [5.74, 6) is -0.182. The van der Waals surface area contributed by atoms with E-state index < -0.39 is 0 Å². The molecule has 136 valence electrons. The molecule has 0 aliphatic rings. The molecule has 0 fully saturated rings. The molecule has 2 N–H and O–H groups in total. The molecule has 3 aromatic rings. The number of para-hydroxylation sites is 1. The highest BCUT2D eigenvalue weighted by Crippen LogP contribution is 2.23. The summed E-state index contributed by atoms with van der Waals surface area (Å²) in [6.45, 7) is 1.87. The van der Waals surface area contributed by atoms with Crippen LogP contribution >= 0.6 is 0 Å². The van der Waals surface area contributed by atoms with Crippen LogP contribution in [0.15, 0.2) is 60.8 Å². The number of aromatic nitrogens is 1. The monoisotopic (exact) mass is 350 g/mol. The van der Waals surface area contributed by atoms with E-state index >= 15 is 0 Å². The van der Waals surface area contributed by atoms with E-state index in [0.29, 0.717) is 12.8 Å². The molecule has 1 amide bonds. The molecule has 26 heavy (non-hydrogen) atoms. The third-order valence-electron chi connectivity index (χ3n) is 4.84. The van der Waals surface area contributed by atoms with Gasteiger partial charge >= 0.3 is 0 Å². The van der Waals surface area contributed by atoms with Gasteiger partial charge in [0.15, 0.2) is 0 Å². The molecule has 3 rings (SSSR count). The highest BCUT2D eigenvalue weighted by atomic mass is 16.3. The molecule has 1 heterocycles. The summed E-state index contributed by atoms with van der Waals surface area (Å²) in [5, 5.41) is 13.8. The Bertz CT molecular complexity index is 870. The zero-order valence-corrected chi connectivity index (χ0v) is 15.4. The van der Waals surface area contributed by atoms with Gasteiger partial charge in [-0.15, -0.1) is 0 Å². The van der Waals surface area contributed by atoms with Gasteiger partial charge in [0.05, 0.1) is 12.6 Å². The molecule has 0 saturated carbocycles.